The Morgan fingerprint density at radius 3 is 2.19 bits per heavy atom. The third kappa shape index (κ3) is 3.24. The molecule has 1 aliphatic rings. The molecule has 1 aliphatic heterocycles. The van der Waals surface area contributed by atoms with Crippen LogP contribution in [0.25, 0.3) is 22.4 Å². The summed E-state index contributed by atoms with van der Waals surface area (Å²) in [6, 6.07) is 23.6. The van der Waals surface area contributed by atoms with E-state index in [2.05, 4.69) is 20.5 Å². The van der Waals surface area contributed by atoms with Gasteiger partial charge in [-0.05, 0) is 45.6 Å². The number of aromatic nitrogens is 1. The molecule has 0 atom stereocenters. The van der Waals surface area contributed by atoms with Gasteiger partial charge in [0.25, 0.3) is 0 Å². The predicted molar refractivity (Wildman–Crippen MR) is 130 cm³/mol. The SMILES string of the molecule is COc1cc2c(cc1OC)-c1c(Br)c(-c3ccccc3)c(C(=O)c3ccccc3)n1CC2. The molecule has 0 fully saturated rings. The molecule has 3 aromatic carbocycles. The third-order valence-corrected chi connectivity index (χ3v) is 6.76. The van der Waals surface area contributed by atoms with Gasteiger partial charge < -0.3 is 14.0 Å². The maximum Gasteiger partial charge on any atom is 0.210 e. The molecule has 4 aromatic rings. The Kier molecular flexibility index (Phi) is 5.35. The van der Waals surface area contributed by atoms with Crippen molar-refractivity contribution in [3.05, 3.63) is 94.1 Å². The second kappa shape index (κ2) is 8.32. The summed E-state index contributed by atoms with van der Waals surface area (Å²) in [7, 11) is 3.29. The van der Waals surface area contributed by atoms with Gasteiger partial charge in [-0.1, -0.05) is 60.7 Å². The van der Waals surface area contributed by atoms with Crippen LogP contribution < -0.4 is 9.47 Å². The maximum absolute atomic E-state index is 13.8. The summed E-state index contributed by atoms with van der Waals surface area (Å²) < 4.78 is 14.2. The largest absolute Gasteiger partial charge is 0.493 e. The molecule has 0 spiro atoms. The van der Waals surface area contributed by atoms with Crippen molar-refractivity contribution in [3.63, 3.8) is 0 Å². The Morgan fingerprint density at radius 1 is 0.906 bits per heavy atom. The van der Waals surface area contributed by atoms with Gasteiger partial charge in [0.15, 0.2) is 11.5 Å². The number of aryl methyl sites for hydroxylation is 1. The summed E-state index contributed by atoms with van der Waals surface area (Å²) in [5.41, 5.74) is 6.50. The Labute approximate surface area is 195 Å². The quantitative estimate of drug-likeness (QED) is 0.306. The van der Waals surface area contributed by atoms with Crippen LogP contribution in [0.1, 0.15) is 21.6 Å². The van der Waals surface area contributed by atoms with E-state index in [0.29, 0.717) is 29.3 Å². The first-order valence-corrected chi connectivity index (χ1v) is 11.3. The number of carbonyl (C=O) groups excluding carboxylic acids is 1. The van der Waals surface area contributed by atoms with E-state index in [-0.39, 0.29) is 5.78 Å². The molecule has 0 amide bonds. The monoisotopic (exact) mass is 487 g/mol. The van der Waals surface area contributed by atoms with E-state index in [4.69, 9.17) is 9.47 Å². The van der Waals surface area contributed by atoms with E-state index in [1.807, 2.05) is 72.8 Å². The molecule has 0 unspecified atom stereocenters. The summed E-state index contributed by atoms with van der Waals surface area (Å²) in [5, 5.41) is 0. The molecule has 0 N–H and O–H groups in total. The van der Waals surface area contributed by atoms with E-state index in [0.717, 1.165) is 33.3 Å². The summed E-state index contributed by atoms with van der Waals surface area (Å²) in [5.74, 6) is 1.40. The fourth-order valence-electron chi connectivity index (χ4n) is 4.49. The number of nitrogens with zero attached hydrogens (tertiary/aromatic N) is 1. The number of carbonyl (C=O) groups is 1. The average Bonchev–Trinajstić information content (AvgIpc) is 3.16. The number of rotatable bonds is 5. The Hall–Kier alpha value is -3.31. The number of methoxy groups -OCH3 is 2. The van der Waals surface area contributed by atoms with E-state index < -0.39 is 0 Å². The van der Waals surface area contributed by atoms with Crippen molar-refractivity contribution in [1.82, 2.24) is 4.57 Å². The van der Waals surface area contributed by atoms with Crippen molar-refractivity contribution in [2.75, 3.05) is 14.2 Å². The normalized spacial score (nSPS) is 12.1. The predicted octanol–water partition coefficient (Wildman–Crippen LogP) is 6.39. The van der Waals surface area contributed by atoms with Gasteiger partial charge in [0.2, 0.25) is 5.78 Å². The molecule has 4 nitrogen and oxygen atoms in total. The molecule has 5 heteroatoms. The zero-order chi connectivity index (χ0) is 22.2. The van der Waals surface area contributed by atoms with Crippen LogP contribution in [0.15, 0.2) is 77.3 Å². The Balaban J connectivity index is 1.81. The first-order chi connectivity index (χ1) is 15.6. The minimum Gasteiger partial charge on any atom is -0.493 e. The van der Waals surface area contributed by atoms with Crippen LogP contribution in [0, 0.1) is 0 Å². The van der Waals surface area contributed by atoms with Crippen molar-refractivity contribution < 1.29 is 14.3 Å². The number of ketones is 1. The number of hydrogen-bond donors (Lipinski definition) is 0. The number of fused-ring (bicyclic) bond motifs is 3. The molecule has 160 valence electrons. The van der Waals surface area contributed by atoms with Gasteiger partial charge in [0, 0.05) is 23.2 Å². The molecular weight excluding hydrogens is 466 g/mol. The van der Waals surface area contributed by atoms with Crippen molar-refractivity contribution >= 4 is 21.7 Å². The Morgan fingerprint density at radius 2 is 1.53 bits per heavy atom. The standard InChI is InChI=1S/C27H22BrNO3/c1-31-21-15-19-13-14-29-25(20(19)16-22(21)32-2)24(28)23(17-9-5-3-6-10-17)26(29)27(30)18-11-7-4-8-12-18/h3-12,15-16H,13-14H2,1-2H3. The van der Waals surface area contributed by atoms with E-state index >= 15 is 0 Å². The van der Waals surface area contributed by atoms with Gasteiger partial charge in [-0.15, -0.1) is 0 Å². The van der Waals surface area contributed by atoms with Crippen LogP contribution in [-0.4, -0.2) is 24.6 Å². The van der Waals surface area contributed by atoms with Crippen LogP contribution in [0.4, 0.5) is 0 Å². The number of benzene rings is 3. The topological polar surface area (TPSA) is 40.5 Å². The summed E-state index contributed by atoms with van der Waals surface area (Å²) in [6.45, 7) is 0.706. The Bertz CT molecular complexity index is 1310. The van der Waals surface area contributed by atoms with Crippen LogP contribution in [0.3, 0.4) is 0 Å². The van der Waals surface area contributed by atoms with Crippen molar-refractivity contribution in [1.29, 1.82) is 0 Å². The van der Waals surface area contributed by atoms with Gasteiger partial charge in [-0.25, -0.2) is 0 Å². The lowest BCUT2D eigenvalue weighted by atomic mass is 9.97. The molecular formula is C27H22BrNO3. The highest BCUT2D eigenvalue weighted by Gasteiger charge is 2.32. The molecule has 0 bridgehead atoms. The van der Waals surface area contributed by atoms with Gasteiger partial charge in [-0.2, -0.15) is 0 Å². The first-order valence-electron chi connectivity index (χ1n) is 10.5. The van der Waals surface area contributed by atoms with Crippen molar-refractivity contribution in [2.45, 2.75) is 13.0 Å². The maximum atomic E-state index is 13.8. The average molecular weight is 488 g/mol. The smallest absolute Gasteiger partial charge is 0.210 e. The highest BCUT2D eigenvalue weighted by molar-refractivity contribution is 9.10. The fraction of sp³-hybridized carbons (Fsp3) is 0.148. The van der Waals surface area contributed by atoms with Crippen LogP contribution in [0.5, 0.6) is 11.5 Å². The van der Waals surface area contributed by atoms with Gasteiger partial charge >= 0.3 is 0 Å². The molecule has 32 heavy (non-hydrogen) atoms. The number of halogens is 1. The van der Waals surface area contributed by atoms with Crippen LogP contribution >= 0.6 is 15.9 Å². The van der Waals surface area contributed by atoms with E-state index in [9.17, 15) is 4.79 Å². The van der Waals surface area contributed by atoms with Gasteiger partial charge in [-0.3, -0.25) is 4.79 Å². The third-order valence-electron chi connectivity index (χ3n) is 5.99. The zero-order valence-electron chi connectivity index (χ0n) is 17.9. The molecule has 0 saturated carbocycles. The molecule has 5 rings (SSSR count). The van der Waals surface area contributed by atoms with Crippen LogP contribution in [-0.2, 0) is 13.0 Å². The van der Waals surface area contributed by atoms with E-state index in [1.165, 1.54) is 5.56 Å². The lowest BCUT2D eigenvalue weighted by Gasteiger charge is -2.23. The van der Waals surface area contributed by atoms with Crippen molar-refractivity contribution in [2.24, 2.45) is 0 Å². The highest BCUT2D eigenvalue weighted by Crippen LogP contribution is 2.47. The summed E-state index contributed by atoms with van der Waals surface area (Å²) >= 11 is 3.87. The lowest BCUT2D eigenvalue weighted by Crippen LogP contribution is -2.17. The number of ether oxygens (including phenoxy) is 2. The minimum absolute atomic E-state index is 0.0142. The molecule has 0 radical (unpaired) electrons. The fourth-order valence-corrected chi connectivity index (χ4v) is 5.33. The second-order valence-electron chi connectivity index (χ2n) is 7.71. The van der Waals surface area contributed by atoms with Gasteiger partial charge in [0.05, 0.1) is 30.1 Å². The van der Waals surface area contributed by atoms with Crippen molar-refractivity contribution in [3.8, 4) is 33.9 Å². The summed E-state index contributed by atoms with van der Waals surface area (Å²) in [6.07, 6.45) is 0.799. The molecule has 0 saturated heterocycles. The first kappa shape index (κ1) is 20.6. The highest BCUT2D eigenvalue weighted by atomic mass is 79.9. The molecule has 0 aliphatic carbocycles. The zero-order valence-corrected chi connectivity index (χ0v) is 19.5. The lowest BCUT2D eigenvalue weighted by molar-refractivity contribution is 0.103. The van der Waals surface area contributed by atoms with Gasteiger partial charge in [0.1, 0.15) is 0 Å². The second-order valence-corrected chi connectivity index (χ2v) is 8.51. The van der Waals surface area contributed by atoms with Crippen LogP contribution in [0.2, 0.25) is 0 Å². The summed E-state index contributed by atoms with van der Waals surface area (Å²) in [4.78, 5) is 13.8. The molecule has 2 heterocycles. The minimum atomic E-state index is 0.0142. The molecule has 1 aromatic heterocycles. The number of hydrogen-bond acceptors (Lipinski definition) is 3. The van der Waals surface area contributed by atoms with E-state index in [1.54, 1.807) is 14.2 Å².